The van der Waals surface area contributed by atoms with E-state index in [1.54, 1.807) is 0 Å². The average Bonchev–Trinajstić information content (AvgIpc) is 2.69. The van der Waals surface area contributed by atoms with Gasteiger partial charge in [0, 0.05) is 76.8 Å². The first-order valence-corrected chi connectivity index (χ1v) is 24.3. The normalized spacial score (nSPS) is 9.66. The Morgan fingerprint density at radius 1 is 0.375 bits per heavy atom. The van der Waals surface area contributed by atoms with Crippen LogP contribution in [0.25, 0.3) is 0 Å². The second-order valence-electron chi connectivity index (χ2n) is 8.97. The van der Waals surface area contributed by atoms with Crippen molar-refractivity contribution in [1.82, 2.24) is 0 Å². The van der Waals surface area contributed by atoms with Crippen molar-refractivity contribution >= 4 is 54.3 Å². The van der Waals surface area contributed by atoms with Crippen molar-refractivity contribution in [2.75, 3.05) is 60.0 Å². The summed E-state index contributed by atoms with van der Waals surface area (Å²) in [6, 6.07) is 32.9. The van der Waals surface area contributed by atoms with Crippen LogP contribution in [0.4, 0.5) is 0 Å². The van der Waals surface area contributed by atoms with Crippen molar-refractivity contribution in [2.24, 2.45) is 0 Å². The van der Waals surface area contributed by atoms with Gasteiger partial charge in [-0.2, -0.15) is 0 Å². The fourth-order valence-corrected chi connectivity index (χ4v) is 9.67. The molecule has 0 aromatic heterocycles. The van der Waals surface area contributed by atoms with Crippen LogP contribution in [0.3, 0.4) is 0 Å². The Balaban J connectivity index is 0. The van der Waals surface area contributed by atoms with E-state index >= 15 is 0 Å². The van der Waals surface area contributed by atoms with E-state index in [9.17, 15) is 0 Å². The molecule has 32 heavy (non-hydrogen) atoms. The third-order valence-electron chi connectivity index (χ3n) is 3.19. The van der Waals surface area contributed by atoms with Gasteiger partial charge >= 0.3 is 121 Å². The second-order valence-corrected chi connectivity index (χ2v) is 25.1. The number of benzene rings is 3. The van der Waals surface area contributed by atoms with E-state index in [1.165, 1.54) is 10.7 Å². The summed E-state index contributed by atoms with van der Waals surface area (Å²) in [6.07, 6.45) is 0. The van der Waals surface area contributed by atoms with Crippen molar-refractivity contribution in [2.45, 2.75) is 0 Å². The van der Waals surface area contributed by atoms with Crippen LogP contribution in [0.1, 0.15) is 0 Å². The van der Waals surface area contributed by atoms with E-state index < -0.39 is 19.8 Å². The first-order chi connectivity index (χ1) is 14.6. The summed E-state index contributed by atoms with van der Waals surface area (Å²) in [4.78, 5) is 0. The van der Waals surface area contributed by atoms with Crippen LogP contribution < -0.4 is 10.7 Å². The molecule has 3 aromatic carbocycles. The first kappa shape index (κ1) is 34.4. The summed E-state index contributed by atoms with van der Waals surface area (Å²) in [5.74, 6) is 0. The molecule has 0 spiro atoms. The van der Waals surface area contributed by atoms with Gasteiger partial charge in [-0.25, -0.2) is 0 Å². The van der Waals surface area contributed by atoms with E-state index in [0.717, 1.165) is 0 Å². The van der Waals surface area contributed by atoms with Gasteiger partial charge in [-0.15, -0.1) is 0 Å². The third-order valence-corrected chi connectivity index (χ3v) is 11.0. The minimum atomic E-state index is -1.98. The molecule has 0 saturated carbocycles. The van der Waals surface area contributed by atoms with Crippen molar-refractivity contribution < 1.29 is 16.8 Å². The van der Waals surface area contributed by atoms with Gasteiger partial charge in [-0.1, -0.05) is 0 Å². The third kappa shape index (κ3) is 19.7. The SMILES string of the molecule is C[PH+](C)C.C[PH+](C)C.C[PH+](C)C.[Co].c1cc[c]([Sn]([c]2ccccc2)[c]2ccccc2)cc1. The van der Waals surface area contributed by atoms with Crippen molar-refractivity contribution in [1.29, 1.82) is 0 Å². The van der Waals surface area contributed by atoms with Crippen LogP contribution in [0.5, 0.6) is 0 Å². The molecular weight excluding hydrogens is 595 g/mol. The molecule has 0 saturated heterocycles. The van der Waals surface area contributed by atoms with Crippen molar-refractivity contribution in [3.05, 3.63) is 91.0 Å². The minimum absolute atomic E-state index is 0. The maximum absolute atomic E-state index is 2.29. The van der Waals surface area contributed by atoms with Gasteiger partial charge in [0.1, 0.15) is 0 Å². The average molecular weight is 640 g/mol. The molecule has 178 valence electrons. The molecule has 0 bridgehead atoms. The summed E-state index contributed by atoms with van der Waals surface area (Å²) in [7, 11) is 0.361. The van der Waals surface area contributed by atoms with Crippen LogP contribution in [0, 0.1) is 0 Å². The second kappa shape index (κ2) is 21.8. The fourth-order valence-electron chi connectivity index (χ4n) is 2.31. The van der Waals surface area contributed by atoms with Crippen LogP contribution in [-0.4, -0.2) is 79.7 Å². The molecule has 3 aromatic rings. The summed E-state index contributed by atoms with van der Waals surface area (Å²) < 4.78 is 4.59. The topological polar surface area (TPSA) is 0 Å². The molecule has 0 fully saturated rings. The van der Waals surface area contributed by atoms with E-state index in [2.05, 4.69) is 151 Å². The maximum atomic E-state index is 2.29. The van der Waals surface area contributed by atoms with Crippen LogP contribution in [0.15, 0.2) is 91.0 Å². The molecule has 0 aliphatic carbocycles. The molecule has 0 aliphatic rings. The van der Waals surface area contributed by atoms with Gasteiger partial charge in [-0.05, 0) is 23.8 Å². The van der Waals surface area contributed by atoms with Gasteiger partial charge in [-0.3, -0.25) is 0 Å². The van der Waals surface area contributed by atoms with Crippen molar-refractivity contribution in [3.63, 3.8) is 0 Å². The molecule has 2 radical (unpaired) electrons. The Hall–Kier alpha value is 0.255. The molecule has 5 heteroatoms. The van der Waals surface area contributed by atoms with Gasteiger partial charge in [0.15, 0.2) is 0 Å². The summed E-state index contributed by atoms with van der Waals surface area (Å²) in [5.41, 5.74) is 0. The Morgan fingerprint density at radius 2 is 0.531 bits per heavy atom. The number of hydrogen-bond donors (Lipinski definition) is 0. The summed E-state index contributed by atoms with van der Waals surface area (Å²) >= 11 is -1.98. The van der Waals surface area contributed by atoms with E-state index in [4.69, 9.17) is 0 Å². The molecule has 0 atom stereocenters. The Morgan fingerprint density at radius 3 is 0.688 bits per heavy atom. The van der Waals surface area contributed by atoms with Crippen LogP contribution >= 0.6 is 23.8 Å². The van der Waals surface area contributed by atoms with Gasteiger partial charge in [0.05, 0.1) is 0 Å². The zero-order valence-electron chi connectivity index (χ0n) is 21.5. The zero-order valence-corrected chi connectivity index (χ0v) is 28.4. The first-order valence-electron chi connectivity index (χ1n) is 11.0. The molecule has 0 heterocycles. The summed E-state index contributed by atoms with van der Waals surface area (Å²) in [6.45, 7) is 20.4. The predicted octanol–water partition coefficient (Wildman–Crippen LogP) is 5.47. The van der Waals surface area contributed by atoms with Crippen LogP contribution in [-0.2, 0) is 16.8 Å². The monoisotopic (exact) mass is 641 g/mol. The molecule has 3 rings (SSSR count). The Kier molecular flexibility index (Phi) is 23.4. The van der Waals surface area contributed by atoms with E-state index in [0.29, 0.717) is 0 Å². The zero-order chi connectivity index (χ0) is 23.6. The van der Waals surface area contributed by atoms with Crippen LogP contribution in [0.2, 0.25) is 0 Å². The Bertz CT molecular complexity index is 650. The van der Waals surface area contributed by atoms with E-state index in [-0.39, 0.29) is 40.5 Å². The van der Waals surface area contributed by atoms with Gasteiger partial charge in [0.25, 0.3) is 0 Å². The molecule has 0 aliphatic heterocycles. The number of rotatable bonds is 3. The Labute approximate surface area is 220 Å². The predicted molar refractivity (Wildman–Crippen MR) is 162 cm³/mol. The molecule has 0 amide bonds. The molecule has 0 N–H and O–H groups in total. The van der Waals surface area contributed by atoms with Gasteiger partial charge in [0.2, 0.25) is 0 Å². The summed E-state index contributed by atoms with van der Waals surface area (Å²) in [5, 5.41) is 0. The quantitative estimate of drug-likeness (QED) is 0.264. The van der Waals surface area contributed by atoms with Crippen molar-refractivity contribution in [3.8, 4) is 0 Å². The molecule has 0 nitrogen and oxygen atoms in total. The number of hydrogen-bond acceptors (Lipinski definition) is 0. The fraction of sp³-hybridized carbons (Fsp3) is 0.333. The van der Waals surface area contributed by atoms with Gasteiger partial charge < -0.3 is 0 Å². The standard InChI is InChI=1S/3C6H5.3C3H9P.Co.Sn/c3*1-2-4-6-5-3-1;3*1-4(2)3;;/h3*1-5H;3*1-3H3;;/p+3. The van der Waals surface area contributed by atoms with E-state index in [1.807, 2.05) is 0 Å². The molecule has 0 unspecified atom stereocenters. The molecular formula is C27H45CoP3Sn+3.